The van der Waals surface area contributed by atoms with Crippen LogP contribution in [0.3, 0.4) is 0 Å². The number of carbonyl (C=O) groups excluding carboxylic acids is 1. The number of methoxy groups -OCH3 is 1. The molecule has 0 amide bonds. The van der Waals surface area contributed by atoms with Gasteiger partial charge in [-0.25, -0.2) is 13.4 Å². The van der Waals surface area contributed by atoms with Gasteiger partial charge in [0.1, 0.15) is 6.04 Å². The Hall–Kier alpha value is -2.19. The molecule has 0 saturated carbocycles. The Bertz CT molecular complexity index is 871. The molecule has 8 heteroatoms. The highest BCUT2D eigenvalue weighted by atomic mass is 32.2. The molecule has 0 fully saturated rings. The van der Waals surface area contributed by atoms with Crippen molar-refractivity contribution >= 4 is 16.0 Å². The first kappa shape index (κ1) is 16.7. The van der Waals surface area contributed by atoms with Gasteiger partial charge in [-0.2, -0.15) is 4.31 Å². The molecular formula is C16H19N3O4S. The topological polar surface area (TPSA) is 81.5 Å². The lowest BCUT2D eigenvalue weighted by molar-refractivity contribution is -0.145. The Morgan fingerprint density at radius 2 is 1.96 bits per heavy atom. The third-order valence-corrected chi connectivity index (χ3v) is 6.16. The molecule has 0 aliphatic carbocycles. The van der Waals surface area contributed by atoms with Gasteiger partial charge >= 0.3 is 5.97 Å². The molecule has 7 nitrogen and oxygen atoms in total. The minimum absolute atomic E-state index is 0.0851. The van der Waals surface area contributed by atoms with Crippen molar-refractivity contribution in [2.45, 2.75) is 30.8 Å². The number of hydrogen-bond acceptors (Lipinski definition) is 5. The largest absolute Gasteiger partial charge is 0.468 e. The van der Waals surface area contributed by atoms with Gasteiger partial charge in [-0.05, 0) is 19.1 Å². The zero-order valence-corrected chi connectivity index (χ0v) is 14.6. The van der Waals surface area contributed by atoms with E-state index in [1.54, 1.807) is 42.2 Å². The number of carbonyl (C=O) groups is 1. The van der Waals surface area contributed by atoms with Crippen LogP contribution in [0.2, 0.25) is 0 Å². The lowest BCUT2D eigenvalue weighted by Gasteiger charge is -2.32. The summed E-state index contributed by atoms with van der Waals surface area (Å²) >= 11 is 0. The van der Waals surface area contributed by atoms with Gasteiger partial charge in [-0.1, -0.05) is 17.7 Å². The number of aryl methyl sites for hydroxylation is 2. The fourth-order valence-corrected chi connectivity index (χ4v) is 4.39. The molecule has 0 bridgehead atoms. The third-order valence-electron chi connectivity index (χ3n) is 4.29. The van der Waals surface area contributed by atoms with Gasteiger partial charge in [0.25, 0.3) is 0 Å². The summed E-state index contributed by atoms with van der Waals surface area (Å²) in [4.78, 5) is 16.6. The van der Waals surface area contributed by atoms with Gasteiger partial charge < -0.3 is 9.30 Å². The Kier molecular flexibility index (Phi) is 4.18. The number of rotatable bonds is 3. The van der Waals surface area contributed by atoms with Gasteiger partial charge in [0.05, 0.1) is 36.3 Å². The minimum atomic E-state index is -3.83. The quantitative estimate of drug-likeness (QED) is 0.773. The highest BCUT2D eigenvalue weighted by Gasteiger charge is 2.41. The number of esters is 1. The first-order valence-corrected chi connectivity index (χ1v) is 8.94. The maximum Gasteiger partial charge on any atom is 0.324 e. The van der Waals surface area contributed by atoms with Crippen molar-refractivity contribution in [3.63, 3.8) is 0 Å². The average molecular weight is 349 g/mol. The maximum atomic E-state index is 13.1. The first-order valence-electron chi connectivity index (χ1n) is 7.50. The van der Waals surface area contributed by atoms with Gasteiger partial charge in [-0.15, -0.1) is 0 Å². The number of benzene rings is 1. The monoisotopic (exact) mass is 349 g/mol. The molecule has 1 atom stereocenters. The molecule has 24 heavy (non-hydrogen) atoms. The molecule has 2 aromatic rings. The van der Waals surface area contributed by atoms with E-state index in [4.69, 9.17) is 4.74 Å². The lowest BCUT2D eigenvalue weighted by Crippen LogP contribution is -2.49. The van der Waals surface area contributed by atoms with E-state index in [-0.39, 0.29) is 17.9 Å². The molecule has 0 N–H and O–H groups in total. The standard InChI is InChI=1S/C16H19N3O4S/c1-11-4-6-12(7-5-11)24(21,22)19-9-15-13(17-10-18(15)2)8-14(19)16(20)23-3/h4-7,10,14H,8-9H2,1-3H3/t14-/m0/s1. The van der Waals surface area contributed by atoms with Gasteiger partial charge in [-0.3, -0.25) is 4.79 Å². The van der Waals surface area contributed by atoms with Crippen LogP contribution in [-0.4, -0.2) is 41.4 Å². The van der Waals surface area contributed by atoms with E-state index >= 15 is 0 Å². The Morgan fingerprint density at radius 3 is 2.58 bits per heavy atom. The van der Waals surface area contributed by atoms with E-state index in [0.29, 0.717) is 0 Å². The summed E-state index contributed by atoms with van der Waals surface area (Å²) in [7, 11) is -0.766. The van der Waals surface area contributed by atoms with Crippen molar-refractivity contribution in [1.82, 2.24) is 13.9 Å². The van der Waals surface area contributed by atoms with Crippen LogP contribution in [0.5, 0.6) is 0 Å². The van der Waals surface area contributed by atoms with Crippen molar-refractivity contribution in [2.24, 2.45) is 7.05 Å². The summed E-state index contributed by atoms with van der Waals surface area (Å²) in [5, 5.41) is 0. The van der Waals surface area contributed by atoms with Crippen LogP contribution in [0, 0.1) is 6.92 Å². The van der Waals surface area contributed by atoms with Crippen molar-refractivity contribution in [1.29, 1.82) is 0 Å². The number of ether oxygens (including phenoxy) is 1. The first-order chi connectivity index (χ1) is 11.3. The SMILES string of the molecule is COC(=O)[C@@H]1Cc2ncn(C)c2CN1S(=O)(=O)c1ccc(C)cc1. The second-order valence-corrected chi connectivity index (χ2v) is 7.75. The second kappa shape index (κ2) is 6.03. The van der Waals surface area contributed by atoms with E-state index in [9.17, 15) is 13.2 Å². The van der Waals surface area contributed by atoms with Crippen molar-refractivity contribution < 1.29 is 17.9 Å². The zero-order chi connectivity index (χ0) is 17.5. The van der Waals surface area contributed by atoms with Crippen molar-refractivity contribution in [3.8, 4) is 0 Å². The average Bonchev–Trinajstić information content (AvgIpc) is 2.94. The van der Waals surface area contributed by atoms with Crippen LogP contribution in [0.15, 0.2) is 35.5 Å². The summed E-state index contributed by atoms with van der Waals surface area (Å²) in [5.41, 5.74) is 2.47. The smallest absolute Gasteiger partial charge is 0.324 e. The minimum Gasteiger partial charge on any atom is -0.468 e. The van der Waals surface area contributed by atoms with E-state index in [1.165, 1.54) is 11.4 Å². The van der Waals surface area contributed by atoms with E-state index in [0.717, 1.165) is 17.0 Å². The van der Waals surface area contributed by atoms with Crippen LogP contribution in [0.4, 0.5) is 0 Å². The molecule has 0 spiro atoms. The van der Waals surface area contributed by atoms with Crippen LogP contribution < -0.4 is 0 Å². The summed E-state index contributed by atoms with van der Waals surface area (Å²) in [6.07, 6.45) is 1.83. The van der Waals surface area contributed by atoms with Gasteiger partial charge in [0, 0.05) is 13.5 Å². The fraction of sp³-hybridized carbons (Fsp3) is 0.375. The third kappa shape index (κ3) is 2.71. The molecule has 0 saturated heterocycles. The highest BCUT2D eigenvalue weighted by Crippen LogP contribution is 2.29. The Balaban J connectivity index is 2.06. The van der Waals surface area contributed by atoms with E-state index in [2.05, 4.69) is 4.98 Å². The molecule has 1 aromatic heterocycles. The summed E-state index contributed by atoms with van der Waals surface area (Å²) in [5.74, 6) is -0.581. The van der Waals surface area contributed by atoms with Crippen LogP contribution >= 0.6 is 0 Å². The number of fused-ring (bicyclic) bond motifs is 1. The lowest BCUT2D eigenvalue weighted by atomic mass is 10.1. The summed E-state index contributed by atoms with van der Waals surface area (Å²) in [6, 6.07) is 5.66. The van der Waals surface area contributed by atoms with E-state index in [1.807, 2.05) is 6.92 Å². The molecule has 3 rings (SSSR count). The molecule has 0 unspecified atom stereocenters. The second-order valence-electron chi connectivity index (χ2n) is 5.86. The van der Waals surface area contributed by atoms with Crippen LogP contribution in [0.1, 0.15) is 17.0 Å². The summed E-state index contributed by atoms with van der Waals surface area (Å²) in [6.45, 7) is 1.97. The van der Waals surface area contributed by atoms with Crippen molar-refractivity contribution in [3.05, 3.63) is 47.5 Å². The van der Waals surface area contributed by atoms with Crippen LogP contribution in [-0.2, 0) is 39.6 Å². The molecule has 128 valence electrons. The van der Waals surface area contributed by atoms with Gasteiger partial charge in [0.2, 0.25) is 10.0 Å². The number of sulfonamides is 1. The Morgan fingerprint density at radius 1 is 1.29 bits per heavy atom. The molecule has 0 radical (unpaired) electrons. The number of imidazole rings is 1. The molecule has 1 aromatic carbocycles. The highest BCUT2D eigenvalue weighted by molar-refractivity contribution is 7.89. The Labute approximate surface area is 140 Å². The van der Waals surface area contributed by atoms with Gasteiger partial charge in [0.15, 0.2) is 0 Å². The molecular weight excluding hydrogens is 330 g/mol. The molecule has 1 aliphatic heterocycles. The van der Waals surface area contributed by atoms with Crippen molar-refractivity contribution in [2.75, 3.05) is 7.11 Å². The molecule has 1 aliphatic rings. The number of hydrogen-bond donors (Lipinski definition) is 0. The molecule has 2 heterocycles. The fourth-order valence-electron chi connectivity index (χ4n) is 2.86. The number of aromatic nitrogens is 2. The normalized spacial score (nSPS) is 18.2. The summed E-state index contributed by atoms with van der Waals surface area (Å²) < 4.78 is 33.9. The maximum absolute atomic E-state index is 13.1. The predicted octanol–water partition coefficient (Wildman–Crippen LogP) is 1.02. The van der Waals surface area contributed by atoms with Crippen LogP contribution in [0.25, 0.3) is 0 Å². The number of nitrogens with zero attached hydrogens (tertiary/aromatic N) is 3. The zero-order valence-electron chi connectivity index (χ0n) is 13.8. The predicted molar refractivity (Wildman–Crippen MR) is 86.6 cm³/mol. The van der Waals surface area contributed by atoms with E-state index < -0.39 is 22.0 Å².